The minimum absolute atomic E-state index is 0.124. The van der Waals surface area contributed by atoms with Gasteiger partial charge in [-0.25, -0.2) is 0 Å². The van der Waals surface area contributed by atoms with Crippen LogP contribution in [0.15, 0.2) is 30.3 Å². The maximum atomic E-state index is 11.2. The highest BCUT2D eigenvalue weighted by molar-refractivity contribution is 6.33. The first kappa shape index (κ1) is 8.50. The minimum Gasteiger partial charge on any atom is -0.508 e. The van der Waals surface area contributed by atoms with Crippen molar-refractivity contribution in [3.8, 4) is 5.75 Å². The monoisotopic (exact) mass is 189 g/mol. The zero-order valence-corrected chi connectivity index (χ0v) is 7.15. The molecular weight excluding hydrogens is 182 g/mol. The van der Waals surface area contributed by atoms with Crippen molar-refractivity contribution >= 4 is 17.4 Å². The van der Waals surface area contributed by atoms with E-state index >= 15 is 0 Å². The van der Waals surface area contributed by atoms with Crippen LogP contribution in [-0.2, 0) is 9.59 Å². The molecule has 1 aliphatic rings. The van der Waals surface area contributed by atoms with Crippen molar-refractivity contribution in [2.75, 3.05) is 0 Å². The molecule has 1 aromatic carbocycles. The molecule has 0 aliphatic carbocycles. The summed E-state index contributed by atoms with van der Waals surface area (Å²) in [7, 11) is 0. The fraction of sp³-hybridized carbons (Fsp3) is 0. The van der Waals surface area contributed by atoms with Crippen LogP contribution in [0.4, 0.5) is 0 Å². The number of hydrogen-bond acceptors (Lipinski definition) is 3. The van der Waals surface area contributed by atoms with E-state index in [0.29, 0.717) is 11.1 Å². The zero-order valence-electron chi connectivity index (χ0n) is 7.15. The molecule has 2 amide bonds. The molecule has 0 saturated carbocycles. The van der Waals surface area contributed by atoms with Gasteiger partial charge in [0.05, 0.1) is 5.57 Å². The number of aromatic hydroxyl groups is 1. The smallest absolute Gasteiger partial charge is 0.258 e. The van der Waals surface area contributed by atoms with Crippen molar-refractivity contribution < 1.29 is 14.7 Å². The number of carbonyl (C=O) groups is 2. The van der Waals surface area contributed by atoms with E-state index in [1.165, 1.54) is 18.2 Å². The van der Waals surface area contributed by atoms with Gasteiger partial charge in [-0.1, -0.05) is 12.1 Å². The fourth-order valence-corrected chi connectivity index (χ4v) is 1.27. The van der Waals surface area contributed by atoms with Crippen LogP contribution < -0.4 is 5.32 Å². The SMILES string of the molecule is O=C1C=C(c2ccc(O)cc2)C(=O)N1. The number of imide groups is 1. The zero-order chi connectivity index (χ0) is 10.1. The van der Waals surface area contributed by atoms with Crippen LogP contribution in [0.25, 0.3) is 5.57 Å². The molecule has 2 N–H and O–H groups in total. The highest BCUT2D eigenvalue weighted by atomic mass is 16.3. The van der Waals surface area contributed by atoms with Crippen molar-refractivity contribution in [2.45, 2.75) is 0 Å². The third-order valence-corrected chi connectivity index (χ3v) is 1.94. The van der Waals surface area contributed by atoms with Gasteiger partial charge in [-0.3, -0.25) is 14.9 Å². The molecule has 2 rings (SSSR count). The van der Waals surface area contributed by atoms with Crippen LogP contribution in [0.2, 0.25) is 0 Å². The number of carbonyl (C=O) groups excluding carboxylic acids is 2. The second-order valence-corrected chi connectivity index (χ2v) is 2.92. The lowest BCUT2D eigenvalue weighted by atomic mass is 10.1. The average Bonchev–Trinajstić information content (AvgIpc) is 2.47. The molecule has 4 heteroatoms. The van der Waals surface area contributed by atoms with E-state index < -0.39 is 11.8 Å². The van der Waals surface area contributed by atoms with Crippen molar-refractivity contribution in [2.24, 2.45) is 0 Å². The third kappa shape index (κ3) is 1.37. The van der Waals surface area contributed by atoms with Crippen LogP contribution in [0, 0.1) is 0 Å². The van der Waals surface area contributed by atoms with Crippen LogP contribution in [0.1, 0.15) is 5.56 Å². The summed E-state index contributed by atoms with van der Waals surface area (Å²) in [6.45, 7) is 0. The molecule has 0 atom stereocenters. The summed E-state index contributed by atoms with van der Waals surface area (Å²) in [6.07, 6.45) is 1.24. The van der Waals surface area contributed by atoms with Crippen molar-refractivity contribution in [1.29, 1.82) is 0 Å². The van der Waals surface area contributed by atoms with Crippen molar-refractivity contribution in [1.82, 2.24) is 5.32 Å². The molecule has 0 spiro atoms. The molecule has 0 radical (unpaired) electrons. The summed E-state index contributed by atoms with van der Waals surface area (Å²) in [4.78, 5) is 22.1. The Morgan fingerprint density at radius 2 is 1.71 bits per heavy atom. The first-order valence-electron chi connectivity index (χ1n) is 4.03. The molecule has 0 aromatic heterocycles. The molecule has 0 saturated heterocycles. The third-order valence-electron chi connectivity index (χ3n) is 1.94. The summed E-state index contributed by atoms with van der Waals surface area (Å²) in [5.74, 6) is -0.683. The van der Waals surface area contributed by atoms with Crippen LogP contribution in [0.5, 0.6) is 5.75 Å². The lowest BCUT2D eigenvalue weighted by Gasteiger charge is -1.99. The second kappa shape index (κ2) is 2.99. The molecule has 0 unspecified atom stereocenters. The second-order valence-electron chi connectivity index (χ2n) is 2.92. The van der Waals surface area contributed by atoms with Gasteiger partial charge in [0, 0.05) is 6.08 Å². The first-order chi connectivity index (χ1) is 6.66. The van der Waals surface area contributed by atoms with Gasteiger partial charge in [-0.2, -0.15) is 0 Å². The van der Waals surface area contributed by atoms with Crippen molar-refractivity contribution in [3.63, 3.8) is 0 Å². The summed E-state index contributed by atoms with van der Waals surface area (Å²) in [6, 6.07) is 6.09. The molecule has 14 heavy (non-hydrogen) atoms. The molecular formula is C10H7NO3. The normalized spacial score (nSPS) is 15.3. The predicted octanol–water partition coefficient (Wildman–Crippen LogP) is 0.432. The number of amides is 2. The lowest BCUT2D eigenvalue weighted by molar-refractivity contribution is -0.123. The molecule has 0 fully saturated rings. The van der Waals surface area contributed by atoms with E-state index in [4.69, 9.17) is 5.11 Å². The van der Waals surface area contributed by atoms with E-state index in [1.807, 2.05) is 0 Å². The fourth-order valence-electron chi connectivity index (χ4n) is 1.27. The van der Waals surface area contributed by atoms with E-state index in [9.17, 15) is 9.59 Å². The summed E-state index contributed by atoms with van der Waals surface area (Å²) in [5, 5.41) is 11.2. The average molecular weight is 189 g/mol. The Morgan fingerprint density at radius 1 is 1.07 bits per heavy atom. The van der Waals surface area contributed by atoms with E-state index in [-0.39, 0.29) is 5.75 Å². The van der Waals surface area contributed by atoms with Gasteiger partial charge in [0.15, 0.2) is 0 Å². The Kier molecular flexibility index (Phi) is 1.81. The van der Waals surface area contributed by atoms with Crippen LogP contribution >= 0.6 is 0 Å². The molecule has 1 heterocycles. The lowest BCUT2D eigenvalue weighted by Crippen LogP contribution is -2.21. The Labute approximate surface area is 79.9 Å². The van der Waals surface area contributed by atoms with E-state index in [0.717, 1.165) is 0 Å². The van der Waals surface area contributed by atoms with Gasteiger partial charge in [0.2, 0.25) is 0 Å². The Morgan fingerprint density at radius 3 is 2.21 bits per heavy atom. The summed E-state index contributed by atoms with van der Waals surface area (Å²) < 4.78 is 0. The van der Waals surface area contributed by atoms with Gasteiger partial charge < -0.3 is 5.11 Å². The van der Waals surface area contributed by atoms with Gasteiger partial charge in [-0.15, -0.1) is 0 Å². The first-order valence-corrected chi connectivity index (χ1v) is 4.03. The summed E-state index contributed by atoms with van der Waals surface area (Å²) >= 11 is 0. The number of phenols is 1. The maximum Gasteiger partial charge on any atom is 0.258 e. The Bertz CT molecular complexity index is 431. The quantitative estimate of drug-likeness (QED) is 0.629. The Hall–Kier alpha value is -2.10. The number of benzene rings is 1. The maximum absolute atomic E-state index is 11.2. The number of hydrogen-bond donors (Lipinski definition) is 2. The molecule has 4 nitrogen and oxygen atoms in total. The standard InChI is InChI=1S/C10H7NO3/c12-7-3-1-6(2-4-7)8-5-9(13)11-10(8)14/h1-5,12H,(H,11,13,14). The molecule has 0 bridgehead atoms. The van der Waals surface area contributed by atoms with E-state index in [2.05, 4.69) is 5.32 Å². The number of nitrogens with one attached hydrogen (secondary N) is 1. The number of rotatable bonds is 1. The highest BCUT2D eigenvalue weighted by Crippen LogP contribution is 2.20. The van der Waals surface area contributed by atoms with Gasteiger partial charge in [-0.05, 0) is 17.7 Å². The van der Waals surface area contributed by atoms with E-state index in [1.54, 1.807) is 12.1 Å². The highest BCUT2D eigenvalue weighted by Gasteiger charge is 2.21. The van der Waals surface area contributed by atoms with Crippen LogP contribution in [-0.4, -0.2) is 16.9 Å². The Balaban J connectivity index is 2.41. The molecule has 70 valence electrons. The van der Waals surface area contributed by atoms with Gasteiger partial charge >= 0.3 is 0 Å². The molecule has 1 aromatic rings. The topological polar surface area (TPSA) is 66.4 Å². The largest absolute Gasteiger partial charge is 0.508 e. The van der Waals surface area contributed by atoms with Gasteiger partial charge in [0.1, 0.15) is 5.75 Å². The predicted molar refractivity (Wildman–Crippen MR) is 49.2 cm³/mol. The molecule has 1 aliphatic heterocycles. The summed E-state index contributed by atoms with van der Waals surface area (Å²) in [5.41, 5.74) is 0.946. The van der Waals surface area contributed by atoms with Gasteiger partial charge in [0.25, 0.3) is 11.8 Å². The number of phenolic OH excluding ortho intramolecular Hbond substituents is 1. The minimum atomic E-state index is -0.405. The van der Waals surface area contributed by atoms with Crippen molar-refractivity contribution in [3.05, 3.63) is 35.9 Å². The van der Waals surface area contributed by atoms with Crippen LogP contribution in [0.3, 0.4) is 0 Å².